The van der Waals surface area contributed by atoms with Crippen molar-refractivity contribution in [1.29, 1.82) is 0 Å². The Labute approximate surface area is 166 Å². The van der Waals surface area contributed by atoms with E-state index in [1.165, 1.54) is 0 Å². The summed E-state index contributed by atoms with van der Waals surface area (Å²) in [5, 5.41) is 0. The maximum Gasteiger partial charge on any atom is 0.264 e. The van der Waals surface area contributed by atoms with Gasteiger partial charge in [-0.3, -0.25) is 4.18 Å². The molecule has 1 fully saturated rings. The fourth-order valence-electron chi connectivity index (χ4n) is 3.59. The van der Waals surface area contributed by atoms with Crippen molar-refractivity contribution >= 4 is 10.1 Å². The molecule has 0 aromatic heterocycles. The Balaban J connectivity index is 1.88. The first-order valence-electron chi connectivity index (χ1n) is 9.10. The molecule has 2 aromatic rings. The summed E-state index contributed by atoms with van der Waals surface area (Å²) in [6.45, 7) is 3.52. The minimum absolute atomic E-state index is 0.223. The molecule has 0 N–H and O–H groups in total. The van der Waals surface area contributed by atoms with Crippen molar-refractivity contribution in [2.75, 3.05) is 13.4 Å². The van der Waals surface area contributed by atoms with Crippen LogP contribution in [0.25, 0.3) is 0 Å². The molecule has 0 radical (unpaired) electrons. The third-order valence-corrected chi connectivity index (χ3v) is 5.53. The van der Waals surface area contributed by atoms with E-state index in [0.717, 1.165) is 17.6 Å². The molecule has 0 bridgehead atoms. The third-order valence-electron chi connectivity index (χ3n) is 4.80. The molecule has 7 heteroatoms. The summed E-state index contributed by atoms with van der Waals surface area (Å²) in [6, 6.07) is 17.1. The standard InChI is InChI=1S/C21H26O6S/c1-21(2,27-28(4,22)23)18-14-19(24-3)26-20(18)15-9-8-12-17(13-15)25-16-10-6-5-7-11-16/h5-13,18-20H,14H2,1-4H3. The highest BCUT2D eigenvalue weighted by molar-refractivity contribution is 7.86. The van der Waals surface area contributed by atoms with E-state index in [-0.39, 0.29) is 12.0 Å². The summed E-state index contributed by atoms with van der Waals surface area (Å²) >= 11 is 0. The van der Waals surface area contributed by atoms with Crippen LogP contribution >= 0.6 is 0 Å². The fourth-order valence-corrected chi connectivity index (χ4v) is 4.49. The first-order chi connectivity index (χ1) is 13.2. The fraction of sp³-hybridized carbons (Fsp3) is 0.429. The highest BCUT2D eigenvalue weighted by atomic mass is 32.2. The van der Waals surface area contributed by atoms with Gasteiger partial charge in [0.15, 0.2) is 6.29 Å². The molecule has 0 aliphatic carbocycles. The number of hydrogen-bond donors (Lipinski definition) is 0. The van der Waals surface area contributed by atoms with Crippen LogP contribution in [0.2, 0.25) is 0 Å². The van der Waals surface area contributed by atoms with Gasteiger partial charge in [-0.05, 0) is 43.7 Å². The van der Waals surface area contributed by atoms with Crippen LogP contribution in [0.3, 0.4) is 0 Å². The van der Waals surface area contributed by atoms with Gasteiger partial charge in [-0.1, -0.05) is 30.3 Å². The molecule has 3 rings (SSSR count). The lowest BCUT2D eigenvalue weighted by Crippen LogP contribution is -2.38. The Morgan fingerprint density at radius 1 is 1.04 bits per heavy atom. The second kappa shape index (κ2) is 8.21. The normalized spacial score (nSPS) is 22.9. The van der Waals surface area contributed by atoms with Crippen molar-refractivity contribution in [2.45, 2.75) is 38.3 Å². The lowest BCUT2D eigenvalue weighted by atomic mass is 9.82. The molecule has 1 aliphatic heterocycles. The van der Waals surface area contributed by atoms with E-state index >= 15 is 0 Å². The van der Waals surface area contributed by atoms with Gasteiger partial charge in [-0.25, -0.2) is 0 Å². The molecule has 0 spiro atoms. The van der Waals surface area contributed by atoms with Crippen LogP contribution in [-0.2, 0) is 23.8 Å². The molecule has 1 saturated heterocycles. The van der Waals surface area contributed by atoms with Gasteiger partial charge in [0.2, 0.25) is 0 Å². The number of para-hydroxylation sites is 1. The van der Waals surface area contributed by atoms with Gasteiger partial charge in [0, 0.05) is 19.4 Å². The van der Waals surface area contributed by atoms with E-state index in [9.17, 15) is 8.42 Å². The minimum atomic E-state index is -3.62. The monoisotopic (exact) mass is 406 g/mol. The topological polar surface area (TPSA) is 71.1 Å². The zero-order valence-corrected chi connectivity index (χ0v) is 17.3. The van der Waals surface area contributed by atoms with E-state index in [1.807, 2.05) is 54.6 Å². The van der Waals surface area contributed by atoms with Crippen LogP contribution in [0.15, 0.2) is 54.6 Å². The summed E-state index contributed by atoms with van der Waals surface area (Å²) in [6.07, 6.45) is 0.756. The second-order valence-electron chi connectivity index (χ2n) is 7.44. The quantitative estimate of drug-likeness (QED) is 0.639. The average molecular weight is 407 g/mol. The first kappa shape index (κ1) is 20.8. The van der Waals surface area contributed by atoms with Crippen LogP contribution in [-0.4, -0.2) is 33.7 Å². The van der Waals surface area contributed by atoms with Crippen molar-refractivity contribution in [3.63, 3.8) is 0 Å². The molecule has 1 heterocycles. The van der Waals surface area contributed by atoms with Crippen LogP contribution in [0.5, 0.6) is 11.5 Å². The highest BCUT2D eigenvalue weighted by Crippen LogP contribution is 2.46. The predicted molar refractivity (Wildman–Crippen MR) is 106 cm³/mol. The van der Waals surface area contributed by atoms with Gasteiger partial charge < -0.3 is 14.2 Å². The van der Waals surface area contributed by atoms with Gasteiger partial charge in [0.25, 0.3) is 10.1 Å². The summed E-state index contributed by atoms with van der Waals surface area (Å²) in [5.74, 6) is 1.19. The molecule has 28 heavy (non-hydrogen) atoms. The van der Waals surface area contributed by atoms with Crippen molar-refractivity contribution in [3.05, 3.63) is 60.2 Å². The lowest BCUT2D eigenvalue weighted by molar-refractivity contribution is -0.120. The van der Waals surface area contributed by atoms with Gasteiger partial charge in [0.1, 0.15) is 11.5 Å². The third kappa shape index (κ3) is 5.11. The Morgan fingerprint density at radius 2 is 1.71 bits per heavy atom. The summed E-state index contributed by atoms with van der Waals surface area (Å²) in [5.41, 5.74) is -0.0786. The van der Waals surface area contributed by atoms with Gasteiger partial charge in [-0.15, -0.1) is 0 Å². The largest absolute Gasteiger partial charge is 0.457 e. The zero-order valence-electron chi connectivity index (χ0n) is 16.5. The highest BCUT2D eigenvalue weighted by Gasteiger charge is 2.47. The number of methoxy groups -OCH3 is 1. The van der Waals surface area contributed by atoms with Crippen LogP contribution in [0, 0.1) is 5.92 Å². The number of ether oxygens (including phenoxy) is 3. The van der Waals surface area contributed by atoms with Gasteiger partial charge in [-0.2, -0.15) is 8.42 Å². The molecule has 2 aromatic carbocycles. The number of hydrogen-bond acceptors (Lipinski definition) is 6. The van der Waals surface area contributed by atoms with Crippen LogP contribution in [0.1, 0.15) is 31.9 Å². The van der Waals surface area contributed by atoms with Gasteiger partial charge >= 0.3 is 0 Å². The van der Waals surface area contributed by atoms with Crippen LogP contribution in [0.4, 0.5) is 0 Å². The molecular formula is C21H26O6S. The maximum atomic E-state index is 11.7. The van der Waals surface area contributed by atoms with Crippen molar-refractivity contribution in [3.8, 4) is 11.5 Å². The average Bonchev–Trinajstić information content (AvgIpc) is 3.06. The van der Waals surface area contributed by atoms with E-state index in [0.29, 0.717) is 12.2 Å². The zero-order chi connectivity index (χ0) is 20.4. The maximum absolute atomic E-state index is 11.7. The molecule has 152 valence electrons. The molecule has 1 aliphatic rings. The number of rotatable bonds is 7. The van der Waals surface area contributed by atoms with Crippen molar-refractivity contribution < 1.29 is 26.8 Å². The van der Waals surface area contributed by atoms with E-state index in [4.69, 9.17) is 18.4 Å². The van der Waals surface area contributed by atoms with Crippen molar-refractivity contribution in [2.24, 2.45) is 5.92 Å². The molecule has 6 nitrogen and oxygen atoms in total. The SMILES string of the molecule is COC1CC(C(C)(C)OS(C)(=O)=O)C(c2cccc(Oc3ccccc3)c2)O1. The molecule has 0 saturated carbocycles. The van der Waals surface area contributed by atoms with Crippen molar-refractivity contribution in [1.82, 2.24) is 0 Å². The first-order valence-corrected chi connectivity index (χ1v) is 10.9. The Bertz CT molecular complexity index is 894. The van der Waals surface area contributed by atoms with E-state index in [2.05, 4.69) is 0 Å². The Kier molecular flexibility index (Phi) is 6.09. The molecule has 3 unspecified atom stereocenters. The molecule has 0 amide bonds. The second-order valence-corrected chi connectivity index (χ2v) is 9.02. The Morgan fingerprint density at radius 3 is 2.36 bits per heavy atom. The number of benzene rings is 2. The predicted octanol–water partition coefficient (Wildman–Crippen LogP) is 4.28. The summed E-state index contributed by atoms with van der Waals surface area (Å²) in [7, 11) is -2.05. The van der Waals surface area contributed by atoms with Crippen LogP contribution < -0.4 is 4.74 Å². The van der Waals surface area contributed by atoms with E-state index < -0.39 is 22.0 Å². The summed E-state index contributed by atoms with van der Waals surface area (Å²) < 4.78 is 46.2. The van der Waals surface area contributed by atoms with E-state index in [1.54, 1.807) is 21.0 Å². The molecular weight excluding hydrogens is 380 g/mol. The minimum Gasteiger partial charge on any atom is -0.457 e. The smallest absolute Gasteiger partial charge is 0.264 e. The lowest BCUT2D eigenvalue weighted by Gasteiger charge is -2.33. The Hall–Kier alpha value is -1.93. The summed E-state index contributed by atoms with van der Waals surface area (Å²) in [4.78, 5) is 0. The molecule has 3 atom stereocenters. The van der Waals surface area contributed by atoms with Gasteiger partial charge in [0.05, 0.1) is 18.0 Å².